The van der Waals surface area contributed by atoms with Crippen LogP contribution in [0.25, 0.3) is 6.08 Å². The van der Waals surface area contributed by atoms with Gasteiger partial charge >= 0.3 is 0 Å². The van der Waals surface area contributed by atoms with Crippen LogP contribution in [0.3, 0.4) is 0 Å². The van der Waals surface area contributed by atoms with Crippen LogP contribution in [-0.2, 0) is 0 Å². The van der Waals surface area contributed by atoms with Crippen molar-refractivity contribution in [2.24, 2.45) is 0 Å². The fraction of sp³-hybridized carbons (Fsp3) is 0.0714. The number of hydrogen-bond donors (Lipinski definition) is 1. The van der Waals surface area contributed by atoms with Crippen molar-refractivity contribution in [2.45, 2.75) is 6.92 Å². The van der Waals surface area contributed by atoms with E-state index in [0.29, 0.717) is 8.95 Å². The van der Waals surface area contributed by atoms with E-state index >= 15 is 0 Å². The molecule has 1 N–H and O–H groups in total. The first-order valence-electron chi connectivity index (χ1n) is 5.43. The lowest BCUT2D eigenvalue weighted by Gasteiger charge is -2.01. The van der Waals surface area contributed by atoms with Crippen molar-refractivity contribution < 1.29 is 9.90 Å². The van der Waals surface area contributed by atoms with E-state index in [9.17, 15) is 9.90 Å². The Morgan fingerprint density at radius 2 is 1.89 bits per heavy atom. The molecule has 2 aromatic rings. The summed E-state index contributed by atoms with van der Waals surface area (Å²) in [6.45, 7) is 1.96. The minimum absolute atomic E-state index is 0.0154. The lowest BCUT2D eigenvalue weighted by molar-refractivity contribution is 0.105. The van der Waals surface area contributed by atoms with Crippen molar-refractivity contribution in [3.63, 3.8) is 0 Å². The molecule has 2 nitrogen and oxygen atoms in total. The molecule has 0 unspecified atom stereocenters. The number of aryl methyl sites for hydroxylation is 1. The number of benzene rings is 1. The summed E-state index contributed by atoms with van der Waals surface area (Å²) in [6, 6.07) is 5.38. The Kier molecular flexibility index (Phi) is 4.60. The van der Waals surface area contributed by atoms with E-state index in [2.05, 4.69) is 31.9 Å². The Bertz CT molecular complexity index is 636. The summed E-state index contributed by atoms with van der Waals surface area (Å²) < 4.78 is 1.17. The van der Waals surface area contributed by atoms with Gasteiger partial charge in [-0.3, -0.25) is 4.79 Å². The zero-order valence-corrected chi connectivity index (χ0v) is 14.0. The summed E-state index contributed by atoms with van der Waals surface area (Å²) in [7, 11) is 0. The number of aromatic hydroxyl groups is 1. The number of phenolic OH excluding ortho intramolecular Hbond substituents is 1. The Hall–Kier alpha value is -0.910. The van der Waals surface area contributed by atoms with Gasteiger partial charge in [0.1, 0.15) is 5.75 Å². The molecule has 0 saturated carbocycles. The summed E-state index contributed by atoms with van der Waals surface area (Å²) in [5.41, 5.74) is 1.93. The van der Waals surface area contributed by atoms with Crippen molar-refractivity contribution in [1.29, 1.82) is 0 Å². The van der Waals surface area contributed by atoms with Gasteiger partial charge in [-0.2, -0.15) is 0 Å². The average molecular weight is 402 g/mol. The monoisotopic (exact) mass is 400 g/mol. The maximum absolute atomic E-state index is 11.9. The van der Waals surface area contributed by atoms with E-state index in [4.69, 9.17) is 0 Å². The van der Waals surface area contributed by atoms with Gasteiger partial charge in [0.15, 0.2) is 5.78 Å². The summed E-state index contributed by atoms with van der Waals surface area (Å²) in [5, 5.41) is 11.6. The van der Waals surface area contributed by atoms with Gasteiger partial charge in [0, 0.05) is 0 Å². The van der Waals surface area contributed by atoms with Gasteiger partial charge in [0.05, 0.1) is 13.8 Å². The molecule has 0 aliphatic rings. The fourth-order valence-electron chi connectivity index (χ4n) is 1.50. The van der Waals surface area contributed by atoms with Gasteiger partial charge in [-0.15, -0.1) is 11.3 Å². The van der Waals surface area contributed by atoms with Crippen LogP contribution in [0.5, 0.6) is 5.75 Å². The SMILES string of the molecule is Cc1csc(C(=O)C=Cc2cc(Br)c(O)c(Br)c2)c1. The normalized spacial score (nSPS) is 11.1. The minimum Gasteiger partial charge on any atom is -0.506 e. The highest BCUT2D eigenvalue weighted by atomic mass is 79.9. The maximum atomic E-state index is 11.9. The molecule has 1 aromatic heterocycles. The van der Waals surface area contributed by atoms with Gasteiger partial charge in [0.2, 0.25) is 0 Å². The standard InChI is InChI=1S/C14H10Br2O2S/c1-8-4-13(19-7-8)12(17)3-2-9-5-10(15)14(18)11(16)6-9/h2-7,18H,1H3. The van der Waals surface area contributed by atoms with Gasteiger partial charge in [-0.1, -0.05) is 6.08 Å². The second-order valence-electron chi connectivity index (χ2n) is 4.02. The number of thiophene rings is 1. The van der Waals surface area contributed by atoms with Gasteiger partial charge in [0.25, 0.3) is 0 Å². The second kappa shape index (κ2) is 6.03. The molecule has 5 heteroatoms. The van der Waals surface area contributed by atoms with Gasteiger partial charge in [-0.25, -0.2) is 0 Å². The van der Waals surface area contributed by atoms with Crippen LogP contribution in [0, 0.1) is 6.92 Å². The Morgan fingerprint density at radius 1 is 1.26 bits per heavy atom. The highest BCUT2D eigenvalue weighted by Gasteiger charge is 2.06. The smallest absolute Gasteiger partial charge is 0.195 e. The molecule has 0 aliphatic heterocycles. The topological polar surface area (TPSA) is 37.3 Å². The third-order valence-corrected chi connectivity index (χ3v) is 4.71. The molecule has 1 heterocycles. The van der Waals surface area contributed by atoms with Crippen molar-refractivity contribution >= 4 is 55.1 Å². The van der Waals surface area contributed by atoms with Gasteiger partial charge in [-0.05, 0) is 79.6 Å². The molecular formula is C14H10Br2O2S. The van der Waals surface area contributed by atoms with Crippen LogP contribution < -0.4 is 0 Å². The Labute approximate surface area is 132 Å². The van der Waals surface area contributed by atoms with Crippen molar-refractivity contribution in [3.05, 3.63) is 54.6 Å². The summed E-state index contributed by atoms with van der Waals surface area (Å²) in [5.74, 6) is 0.135. The molecule has 2 rings (SSSR count). The van der Waals surface area contributed by atoms with E-state index in [1.165, 1.54) is 17.4 Å². The predicted molar refractivity (Wildman–Crippen MR) is 85.9 cm³/mol. The number of ketones is 1. The third kappa shape index (κ3) is 3.55. The molecule has 1 aromatic carbocycles. The molecule has 0 radical (unpaired) electrons. The predicted octanol–water partition coefficient (Wildman–Crippen LogP) is 5.18. The molecule has 0 spiro atoms. The van der Waals surface area contributed by atoms with Crippen LogP contribution in [0.15, 0.2) is 38.6 Å². The summed E-state index contributed by atoms with van der Waals surface area (Å²) >= 11 is 7.95. The Morgan fingerprint density at radius 3 is 2.42 bits per heavy atom. The molecule has 0 bridgehead atoms. The highest BCUT2D eigenvalue weighted by Crippen LogP contribution is 2.33. The van der Waals surface area contributed by atoms with E-state index < -0.39 is 0 Å². The lowest BCUT2D eigenvalue weighted by atomic mass is 10.1. The van der Waals surface area contributed by atoms with Crippen LogP contribution in [0.4, 0.5) is 0 Å². The number of halogens is 2. The Balaban J connectivity index is 2.21. The minimum atomic E-state index is -0.0154. The first-order valence-corrected chi connectivity index (χ1v) is 7.89. The molecule has 0 saturated heterocycles. The highest BCUT2D eigenvalue weighted by molar-refractivity contribution is 9.11. The molecule has 0 aliphatic carbocycles. The number of phenols is 1. The largest absolute Gasteiger partial charge is 0.506 e. The van der Waals surface area contributed by atoms with Gasteiger partial charge < -0.3 is 5.11 Å². The molecule has 98 valence electrons. The molecule has 0 atom stereocenters. The summed E-state index contributed by atoms with van der Waals surface area (Å²) in [6.07, 6.45) is 3.27. The average Bonchev–Trinajstić information content (AvgIpc) is 2.79. The number of hydrogen-bond acceptors (Lipinski definition) is 3. The molecule has 0 amide bonds. The van der Waals surface area contributed by atoms with E-state index in [0.717, 1.165) is 16.0 Å². The molecular weight excluding hydrogens is 392 g/mol. The second-order valence-corrected chi connectivity index (χ2v) is 6.64. The van der Waals surface area contributed by atoms with Crippen molar-refractivity contribution in [1.82, 2.24) is 0 Å². The van der Waals surface area contributed by atoms with E-state index in [-0.39, 0.29) is 11.5 Å². The molecule has 0 fully saturated rings. The van der Waals surface area contributed by atoms with Crippen LogP contribution in [-0.4, -0.2) is 10.9 Å². The fourth-order valence-corrected chi connectivity index (χ4v) is 3.54. The first-order chi connectivity index (χ1) is 8.97. The lowest BCUT2D eigenvalue weighted by Crippen LogP contribution is -1.89. The van der Waals surface area contributed by atoms with Crippen molar-refractivity contribution in [2.75, 3.05) is 0 Å². The first kappa shape index (κ1) is 14.5. The van der Waals surface area contributed by atoms with E-state index in [1.807, 2.05) is 18.4 Å². The quantitative estimate of drug-likeness (QED) is 0.568. The van der Waals surface area contributed by atoms with Crippen LogP contribution >= 0.6 is 43.2 Å². The number of carbonyl (C=O) groups excluding carboxylic acids is 1. The van der Waals surface area contributed by atoms with Crippen molar-refractivity contribution in [3.8, 4) is 5.75 Å². The maximum Gasteiger partial charge on any atom is 0.195 e. The third-order valence-electron chi connectivity index (χ3n) is 2.44. The number of rotatable bonds is 3. The van der Waals surface area contributed by atoms with Crippen LogP contribution in [0.1, 0.15) is 20.8 Å². The summed E-state index contributed by atoms with van der Waals surface area (Å²) in [4.78, 5) is 12.6. The zero-order valence-electron chi connectivity index (χ0n) is 9.98. The number of allylic oxidation sites excluding steroid dienone is 1. The zero-order chi connectivity index (χ0) is 14.0. The molecule has 19 heavy (non-hydrogen) atoms. The number of carbonyl (C=O) groups is 1. The van der Waals surface area contributed by atoms with E-state index in [1.54, 1.807) is 18.2 Å². The van der Waals surface area contributed by atoms with Crippen LogP contribution in [0.2, 0.25) is 0 Å².